The molecule has 170 valence electrons. The highest BCUT2D eigenvalue weighted by atomic mass is 19.1. The summed E-state index contributed by atoms with van der Waals surface area (Å²) in [5, 5.41) is 2.87. The van der Waals surface area contributed by atoms with E-state index in [0.717, 1.165) is 11.3 Å². The quantitative estimate of drug-likeness (QED) is 0.496. The van der Waals surface area contributed by atoms with Crippen molar-refractivity contribution >= 4 is 23.2 Å². The minimum Gasteiger partial charge on any atom is -0.494 e. The van der Waals surface area contributed by atoms with Gasteiger partial charge in [0.1, 0.15) is 17.3 Å². The number of ether oxygens (including phenoxy) is 2. The van der Waals surface area contributed by atoms with Crippen LogP contribution in [0.1, 0.15) is 25.3 Å². The lowest BCUT2D eigenvalue weighted by Crippen LogP contribution is -2.44. The molecule has 0 saturated carbocycles. The molecule has 0 spiro atoms. The molecule has 0 fully saturated rings. The molecule has 1 aliphatic rings. The minimum atomic E-state index is -0.636. The zero-order valence-corrected chi connectivity index (χ0v) is 18.3. The van der Waals surface area contributed by atoms with E-state index in [-0.39, 0.29) is 24.2 Å². The number of carbonyl (C=O) groups is 2. The molecule has 7 heteroatoms. The number of rotatable bonds is 8. The number of hydrogen-bond acceptors (Lipinski definition) is 4. The van der Waals surface area contributed by atoms with E-state index in [0.29, 0.717) is 36.6 Å². The topological polar surface area (TPSA) is 67.9 Å². The van der Waals surface area contributed by atoms with Crippen LogP contribution in [0.3, 0.4) is 0 Å². The van der Waals surface area contributed by atoms with Crippen LogP contribution in [0.25, 0.3) is 0 Å². The average molecular weight is 448 g/mol. The van der Waals surface area contributed by atoms with Crippen molar-refractivity contribution in [2.45, 2.75) is 32.4 Å². The number of nitrogens with zero attached hydrogens (tertiary/aromatic N) is 1. The second-order valence-corrected chi connectivity index (χ2v) is 7.81. The fourth-order valence-electron chi connectivity index (χ4n) is 3.58. The van der Waals surface area contributed by atoms with Gasteiger partial charge in [-0.3, -0.25) is 9.59 Å². The van der Waals surface area contributed by atoms with Crippen LogP contribution in [0, 0.1) is 5.82 Å². The first-order chi connectivity index (χ1) is 16.0. The van der Waals surface area contributed by atoms with Crippen LogP contribution in [0.5, 0.6) is 11.5 Å². The van der Waals surface area contributed by atoms with Gasteiger partial charge in [0.05, 0.1) is 18.8 Å². The molecule has 33 heavy (non-hydrogen) atoms. The summed E-state index contributed by atoms with van der Waals surface area (Å²) in [7, 11) is 0. The van der Waals surface area contributed by atoms with E-state index in [4.69, 9.17) is 9.47 Å². The van der Waals surface area contributed by atoms with Crippen LogP contribution in [0.4, 0.5) is 15.8 Å². The van der Waals surface area contributed by atoms with Crippen LogP contribution in [0.15, 0.2) is 72.8 Å². The van der Waals surface area contributed by atoms with Crippen molar-refractivity contribution in [3.05, 3.63) is 84.2 Å². The van der Waals surface area contributed by atoms with Crippen molar-refractivity contribution in [2.24, 2.45) is 0 Å². The second-order valence-electron chi connectivity index (χ2n) is 7.81. The number of para-hydroxylation sites is 1. The highest BCUT2D eigenvalue weighted by molar-refractivity contribution is 6.01. The molecular weight excluding hydrogens is 423 g/mol. The number of amides is 2. The van der Waals surface area contributed by atoms with Crippen molar-refractivity contribution in [2.75, 3.05) is 16.8 Å². The van der Waals surface area contributed by atoms with E-state index in [1.54, 1.807) is 42.2 Å². The first-order valence-corrected chi connectivity index (χ1v) is 10.8. The standard InChI is InChI=1S/C26H25FN2O4/c1-18-26(31)29(17-19-9-11-20(27)12-10-19)23-16-21(13-14-24(23)33-18)28-25(30)8-5-15-32-22-6-3-2-4-7-22/h2-4,6-7,9-14,16,18H,5,8,15,17H2,1H3,(H,28,30). The van der Waals surface area contributed by atoms with Crippen LogP contribution < -0.4 is 19.7 Å². The van der Waals surface area contributed by atoms with Crippen molar-refractivity contribution in [3.63, 3.8) is 0 Å². The summed E-state index contributed by atoms with van der Waals surface area (Å²) >= 11 is 0. The Bertz CT molecular complexity index is 1120. The lowest BCUT2D eigenvalue weighted by atomic mass is 10.1. The van der Waals surface area contributed by atoms with Crippen molar-refractivity contribution < 1.29 is 23.5 Å². The smallest absolute Gasteiger partial charge is 0.268 e. The van der Waals surface area contributed by atoms with E-state index >= 15 is 0 Å². The molecule has 1 N–H and O–H groups in total. The van der Waals surface area contributed by atoms with Crippen LogP contribution in [-0.4, -0.2) is 24.5 Å². The molecule has 0 bridgehead atoms. The summed E-state index contributed by atoms with van der Waals surface area (Å²) in [4.78, 5) is 26.8. The van der Waals surface area contributed by atoms with Gasteiger partial charge in [0.2, 0.25) is 5.91 Å². The highest BCUT2D eigenvalue weighted by Gasteiger charge is 2.31. The lowest BCUT2D eigenvalue weighted by Gasteiger charge is -2.33. The van der Waals surface area contributed by atoms with Gasteiger partial charge in [-0.15, -0.1) is 0 Å². The van der Waals surface area contributed by atoms with Gasteiger partial charge in [-0.05, 0) is 61.4 Å². The largest absolute Gasteiger partial charge is 0.494 e. The number of nitrogens with one attached hydrogen (secondary N) is 1. The first-order valence-electron chi connectivity index (χ1n) is 10.8. The molecule has 1 aliphatic heterocycles. The molecule has 3 aromatic carbocycles. The van der Waals surface area contributed by atoms with Crippen molar-refractivity contribution in [1.82, 2.24) is 0 Å². The third-order valence-corrected chi connectivity index (χ3v) is 5.27. The maximum absolute atomic E-state index is 13.3. The third-order valence-electron chi connectivity index (χ3n) is 5.27. The number of anilines is 2. The van der Waals surface area contributed by atoms with Gasteiger partial charge in [-0.1, -0.05) is 30.3 Å². The molecule has 6 nitrogen and oxygen atoms in total. The summed E-state index contributed by atoms with van der Waals surface area (Å²) in [6.07, 6.45) is 0.236. The number of halogens is 1. The summed E-state index contributed by atoms with van der Waals surface area (Å²) in [6.45, 7) is 2.40. The van der Waals surface area contributed by atoms with Crippen LogP contribution in [-0.2, 0) is 16.1 Å². The zero-order valence-electron chi connectivity index (χ0n) is 18.3. The van der Waals surface area contributed by atoms with E-state index in [1.165, 1.54) is 12.1 Å². The molecule has 0 aromatic heterocycles. The summed E-state index contributed by atoms with van der Waals surface area (Å²) in [6, 6.07) is 20.7. The summed E-state index contributed by atoms with van der Waals surface area (Å²) < 4.78 is 24.6. The van der Waals surface area contributed by atoms with Gasteiger partial charge in [-0.2, -0.15) is 0 Å². The Morgan fingerprint density at radius 3 is 2.61 bits per heavy atom. The Balaban J connectivity index is 1.40. The normalized spacial score (nSPS) is 14.9. The van der Waals surface area contributed by atoms with Crippen LogP contribution in [0.2, 0.25) is 0 Å². The van der Waals surface area contributed by atoms with E-state index in [1.807, 2.05) is 30.3 Å². The molecule has 4 rings (SSSR count). The molecule has 1 unspecified atom stereocenters. The predicted molar refractivity (Wildman–Crippen MR) is 124 cm³/mol. The maximum atomic E-state index is 13.3. The minimum absolute atomic E-state index is 0.145. The molecule has 3 aromatic rings. The van der Waals surface area contributed by atoms with Gasteiger partial charge in [0.15, 0.2) is 6.10 Å². The fourth-order valence-corrected chi connectivity index (χ4v) is 3.58. The molecule has 1 heterocycles. The number of fused-ring (bicyclic) bond motifs is 1. The summed E-state index contributed by atoms with van der Waals surface area (Å²) in [5.74, 6) is 0.646. The number of carbonyl (C=O) groups excluding carboxylic acids is 2. The highest BCUT2D eigenvalue weighted by Crippen LogP contribution is 2.37. The van der Waals surface area contributed by atoms with Gasteiger partial charge >= 0.3 is 0 Å². The van der Waals surface area contributed by atoms with Gasteiger partial charge in [0.25, 0.3) is 5.91 Å². The fraction of sp³-hybridized carbons (Fsp3) is 0.231. The lowest BCUT2D eigenvalue weighted by molar-refractivity contribution is -0.125. The van der Waals surface area contributed by atoms with Crippen molar-refractivity contribution in [1.29, 1.82) is 0 Å². The Morgan fingerprint density at radius 1 is 1.09 bits per heavy atom. The zero-order chi connectivity index (χ0) is 23.2. The molecule has 0 saturated heterocycles. The van der Waals surface area contributed by atoms with Gasteiger partial charge in [-0.25, -0.2) is 4.39 Å². The molecule has 0 aliphatic carbocycles. The third kappa shape index (κ3) is 5.68. The van der Waals surface area contributed by atoms with E-state index in [9.17, 15) is 14.0 Å². The van der Waals surface area contributed by atoms with E-state index in [2.05, 4.69) is 5.32 Å². The Hall–Kier alpha value is -3.87. The Morgan fingerprint density at radius 2 is 1.85 bits per heavy atom. The number of benzene rings is 3. The van der Waals surface area contributed by atoms with Crippen molar-refractivity contribution in [3.8, 4) is 11.5 Å². The first kappa shape index (κ1) is 22.3. The van der Waals surface area contributed by atoms with Gasteiger partial charge in [0, 0.05) is 12.1 Å². The van der Waals surface area contributed by atoms with Gasteiger partial charge < -0.3 is 19.7 Å². The van der Waals surface area contributed by atoms with E-state index < -0.39 is 6.10 Å². The molecular formula is C26H25FN2O4. The molecule has 2 amide bonds. The molecule has 0 radical (unpaired) electrons. The van der Waals surface area contributed by atoms with Crippen LogP contribution >= 0.6 is 0 Å². The average Bonchev–Trinajstić information content (AvgIpc) is 2.82. The Kier molecular flexibility index (Phi) is 6.88. The monoisotopic (exact) mass is 448 g/mol. The maximum Gasteiger partial charge on any atom is 0.268 e. The SMILES string of the molecule is CC1Oc2ccc(NC(=O)CCCOc3ccccc3)cc2N(Cc2ccc(F)cc2)C1=O. The predicted octanol–water partition coefficient (Wildman–Crippen LogP) is 4.94. The summed E-state index contributed by atoms with van der Waals surface area (Å²) in [5.41, 5.74) is 1.92. The molecule has 1 atom stereocenters. The Labute approximate surface area is 191 Å². The number of hydrogen-bond donors (Lipinski definition) is 1. The second kappa shape index (κ2) is 10.2.